The fourth-order valence-electron chi connectivity index (χ4n) is 1.88. The third kappa shape index (κ3) is 5.42. The normalized spacial score (nSPS) is 11.0. The number of nitrogens with zero attached hydrogens (tertiary/aromatic N) is 1. The second kappa shape index (κ2) is 8.34. The van der Waals surface area contributed by atoms with Crippen LogP contribution < -0.4 is 10.2 Å². The second-order valence-corrected chi connectivity index (χ2v) is 5.73. The molecule has 5 heteroatoms. The van der Waals surface area contributed by atoms with Crippen molar-refractivity contribution in [2.24, 2.45) is 5.10 Å². The molecule has 1 N–H and O–H groups in total. The number of halogens is 1. The molecule has 0 aliphatic rings. The number of ether oxygens (including phenoxy) is 1. The summed E-state index contributed by atoms with van der Waals surface area (Å²) in [5, 5.41) is 4.44. The van der Waals surface area contributed by atoms with Crippen molar-refractivity contribution in [1.29, 1.82) is 0 Å². The predicted octanol–water partition coefficient (Wildman–Crippen LogP) is 3.99. The molecule has 2 aromatic rings. The highest BCUT2D eigenvalue weighted by molar-refractivity contribution is 6.33. The van der Waals surface area contributed by atoms with Crippen molar-refractivity contribution < 1.29 is 9.53 Å². The lowest BCUT2D eigenvalue weighted by Crippen LogP contribution is -2.24. The van der Waals surface area contributed by atoms with Gasteiger partial charge in [-0.15, -0.1) is 0 Å². The minimum atomic E-state index is -0.332. The number of carbonyl (C=O) groups excluding carboxylic acids is 1. The summed E-state index contributed by atoms with van der Waals surface area (Å²) >= 11 is 5.99. The van der Waals surface area contributed by atoms with Crippen LogP contribution in [0.3, 0.4) is 0 Å². The van der Waals surface area contributed by atoms with Gasteiger partial charge < -0.3 is 4.74 Å². The smallest absolute Gasteiger partial charge is 0.277 e. The van der Waals surface area contributed by atoms with E-state index < -0.39 is 0 Å². The summed E-state index contributed by atoms with van der Waals surface area (Å²) < 4.78 is 5.42. The molecular weight excluding hydrogens is 312 g/mol. The molecule has 2 aromatic carbocycles. The van der Waals surface area contributed by atoms with Crippen LogP contribution in [0.15, 0.2) is 53.6 Å². The number of carbonyl (C=O) groups is 1. The van der Waals surface area contributed by atoms with E-state index in [1.807, 2.05) is 42.5 Å². The van der Waals surface area contributed by atoms with Gasteiger partial charge in [0.05, 0.1) is 6.21 Å². The molecule has 0 aliphatic carbocycles. The van der Waals surface area contributed by atoms with Crippen LogP contribution in [-0.4, -0.2) is 18.7 Å². The molecule has 0 fully saturated rings. The fourth-order valence-corrected chi connectivity index (χ4v) is 2.07. The van der Waals surface area contributed by atoms with E-state index in [0.29, 0.717) is 16.7 Å². The molecule has 1 amide bonds. The molecule has 4 nitrogen and oxygen atoms in total. The summed E-state index contributed by atoms with van der Waals surface area (Å²) in [7, 11) is 0. The van der Waals surface area contributed by atoms with Gasteiger partial charge in [-0.05, 0) is 29.7 Å². The molecule has 0 saturated heterocycles. The van der Waals surface area contributed by atoms with Gasteiger partial charge >= 0.3 is 0 Å². The highest BCUT2D eigenvalue weighted by Crippen LogP contribution is 2.18. The molecule has 120 valence electrons. The molecular formula is C18H19ClN2O2. The molecule has 23 heavy (non-hydrogen) atoms. The van der Waals surface area contributed by atoms with E-state index in [9.17, 15) is 4.79 Å². The maximum Gasteiger partial charge on any atom is 0.277 e. The zero-order valence-corrected chi connectivity index (χ0v) is 13.9. The van der Waals surface area contributed by atoms with Crippen LogP contribution in [0, 0.1) is 0 Å². The predicted molar refractivity (Wildman–Crippen MR) is 93.2 cm³/mol. The van der Waals surface area contributed by atoms with Crippen LogP contribution >= 0.6 is 11.6 Å². The Kier molecular flexibility index (Phi) is 6.18. The van der Waals surface area contributed by atoms with Crippen molar-refractivity contribution in [3.05, 3.63) is 64.7 Å². The van der Waals surface area contributed by atoms with Gasteiger partial charge in [-0.25, -0.2) is 5.43 Å². The molecule has 0 spiro atoms. The van der Waals surface area contributed by atoms with E-state index >= 15 is 0 Å². The van der Waals surface area contributed by atoms with Crippen molar-refractivity contribution in [1.82, 2.24) is 5.43 Å². The molecule has 0 heterocycles. The first-order chi connectivity index (χ1) is 11.1. The SMILES string of the molecule is CC(C)c1ccc(OCC(=O)NN=Cc2ccccc2Cl)cc1. The molecule has 0 saturated carbocycles. The first-order valence-electron chi connectivity index (χ1n) is 7.35. The number of rotatable bonds is 6. The molecule has 0 aromatic heterocycles. The Balaban J connectivity index is 1.80. The van der Waals surface area contributed by atoms with Crippen LogP contribution in [0.4, 0.5) is 0 Å². The van der Waals surface area contributed by atoms with Gasteiger partial charge in [0.25, 0.3) is 5.91 Å². The van der Waals surface area contributed by atoms with Crippen molar-refractivity contribution in [2.45, 2.75) is 19.8 Å². The first kappa shape index (κ1) is 17.0. The van der Waals surface area contributed by atoms with Gasteiger partial charge in [-0.1, -0.05) is 55.8 Å². The fraction of sp³-hybridized carbons (Fsp3) is 0.222. The van der Waals surface area contributed by atoms with Crippen molar-refractivity contribution in [2.75, 3.05) is 6.61 Å². The summed E-state index contributed by atoms with van der Waals surface area (Å²) in [6.07, 6.45) is 1.50. The minimum absolute atomic E-state index is 0.0963. The third-order valence-electron chi connectivity index (χ3n) is 3.21. The Morgan fingerprint density at radius 2 is 1.91 bits per heavy atom. The summed E-state index contributed by atoms with van der Waals surface area (Å²) in [4.78, 5) is 11.7. The number of nitrogens with one attached hydrogen (secondary N) is 1. The maximum atomic E-state index is 11.7. The number of hydrogen-bond acceptors (Lipinski definition) is 3. The topological polar surface area (TPSA) is 50.7 Å². The number of benzene rings is 2. The quantitative estimate of drug-likeness (QED) is 0.643. The van der Waals surface area contributed by atoms with Crippen molar-refractivity contribution >= 4 is 23.7 Å². The first-order valence-corrected chi connectivity index (χ1v) is 7.73. The summed E-state index contributed by atoms with van der Waals surface area (Å²) in [5.41, 5.74) is 4.37. The van der Waals surface area contributed by atoms with E-state index in [1.54, 1.807) is 6.07 Å². The highest BCUT2D eigenvalue weighted by atomic mass is 35.5. The van der Waals surface area contributed by atoms with Gasteiger partial charge in [0.15, 0.2) is 6.61 Å². The Bertz CT molecular complexity index is 682. The van der Waals surface area contributed by atoms with Crippen LogP contribution in [0.5, 0.6) is 5.75 Å². The van der Waals surface area contributed by atoms with Crippen LogP contribution in [0.25, 0.3) is 0 Å². The number of hydrazone groups is 1. The van der Waals surface area contributed by atoms with Crippen LogP contribution in [0.1, 0.15) is 30.9 Å². The lowest BCUT2D eigenvalue weighted by atomic mass is 10.0. The Hall–Kier alpha value is -2.33. The number of amides is 1. The summed E-state index contributed by atoms with van der Waals surface area (Å²) in [6.45, 7) is 4.15. The standard InChI is InChI=1S/C18H19ClN2O2/c1-13(2)14-7-9-16(10-8-14)23-12-18(22)21-20-11-15-5-3-4-6-17(15)19/h3-11,13H,12H2,1-2H3,(H,21,22). The second-order valence-electron chi connectivity index (χ2n) is 5.33. The zero-order chi connectivity index (χ0) is 16.7. The zero-order valence-electron chi connectivity index (χ0n) is 13.1. The van der Waals surface area contributed by atoms with E-state index in [0.717, 1.165) is 5.56 Å². The van der Waals surface area contributed by atoms with Gasteiger partial charge in [0.1, 0.15) is 5.75 Å². The maximum absolute atomic E-state index is 11.7. The molecule has 0 radical (unpaired) electrons. The van der Waals surface area contributed by atoms with Gasteiger partial charge in [-0.3, -0.25) is 4.79 Å². The highest BCUT2D eigenvalue weighted by Gasteiger charge is 2.03. The summed E-state index contributed by atoms with van der Waals surface area (Å²) in [5.74, 6) is 0.785. The lowest BCUT2D eigenvalue weighted by molar-refractivity contribution is -0.123. The molecule has 0 bridgehead atoms. The molecule has 0 atom stereocenters. The van der Waals surface area contributed by atoms with Crippen LogP contribution in [0.2, 0.25) is 5.02 Å². The van der Waals surface area contributed by atoms with Gasteiger partial charge in [0.2, 0.25) is 0 Å². The molecule has 0 aliphatic heterocycles. The summed E-state index contributed by atoms with van der Waals surface area (Å²) in [6, 6.07) is 14.9. The van der Waals surface area contributed by atoms with Gasteiger partial charge in [-0.2, -0.15) is 5.10 Å². The van der Waals surface area contributed by atoms with E-state index in [4.69, 9.17) is 16.3 Å². The minimum Gasteiger partial charge on any atom is -0.484 e. The monoisotopic (exact) mass is 330 g/mol. The number of hydrogen-bond donors (Lipinski definition) is 1. The Morgan fingerprint density at radius 3 is 2.57 bits per heavy atom. The van der Waals surface area contributed by atoms with Gasteiger partial charge in [0, 0.05) is 10.6 Å². The van der Waals surface area contributed by atoms with Crippen LogP contribution in [-0.2, 0) is 4.79 Å². The van der Waals surface area contributed by atoms with Crippen molar-refractivity contribution in [3.8, 4) is 5.75 Å². The third-order valence-corrected chi connectivity index (χ3v) is 3.56. The largest absolute Gasteiger partial charge is 0.484 e. The molecule has 0 unspecified atom stereocenters. The van der Waals surface area contributed by atoms with E-state index in [-0.39, 0.29) is 12.5 Å². The lowest BCUT2D eigenvalue weighted by Gasteiger charge is -2.08. The average Bonchev–Trinajstić information content (AvgIpc) is 2.55. The Labute approximate surface area is 141 Å². The average molecular weight is 331 g/mol. The Morgan fingerprint density at radius 1 is 1.22 bits per heavy atom. The van der Waals surface area contributed by atoms with Crippen molar-refractivity contribution in [3.63, 3.8) is 0 Å². The van der Waals surface area contributed by atoms with E-state index in [2.05, 4.69) is 24.4 Å². The molecule has 2 rings (SSSR count). The van der Waals surface area contributed by atoms with E-state index in [1.165, 1.54) is 11.8 Å².